The van der Waals surface area contributed by atoms with Gasteiger partial charge in [-0.05, 0) is 129 Å². The Labute approximate surface area is 209 Å². The Hall–Kier alpha value is -1.64. The predicted octanol–water partition coefficient (Wildman–Crippen LogP) is 7.46. The molecule has 2 aromatic carbocycles. The number of hydrogen-bond acceptors (Lipinski definition) is 2. The molecular formula is C32H48N2. The van der Waals surface area contributed by atoms with Crippen LogP contribution in [0.15, 0.2) is 48.5 Å². The van der Waals surface area contributed by atoms with Crippen molar-refractivity contribution in [2.24, 2.45) is 11.8 Å². The van der Waals surface area contributed by atoms with Gasteiger partial charge in [0.15, 0.2) is 0 Å². The third-order valence-corrected chi connectivity index (χ3v) is 10.2. The van der Waals surface area contributed by atoms with Crippen LogP contribution in [0, 0.1) is 11.8 Å². The summed E-state index contributed by atoms with van der Waals surface area (Å²) in [6.45, 7) is 19.2. The molecule has 0 N–H and O–H groups in total. The first-order chi connectivity index (χ1) is 15.6. The second kappa shape index (κ2) is 8.49. The van der Waals surface area contributed by atoms with Crippen molar-refractivity contribution in [3.63, 3.8) is 0 Å². The third kappa shape index (κ3) is 4.49. The quantitative estimate of drug-likeness (QED) is 0.457. The van der Waals surface area contributed by atoms with E-state index in [9.17, 15) is 0 Å². The molecular weight excluding hydrogens is 412 g/mol. The van der Waals surface area contributed by atoms with Gasteiger partial charge in [-0.1, -0.05) is 48.5 Å². The van der Waals surface area contributed by atoms with Crippen molar-refractivity contribution in [1.29, 1.82) is 0 Å². The van der Waals surface area contributed by atoms with E-state index >= 15 is 0 Å². The summed E-state index contributed by atoms with van der Waals surface area (Å²) in [5.41, 5.74) is 6.57. The lowest BCUT2D eigenvalue weighted by Crippen LogP contribution is -2.47. The van der Waals surface area contributed by atoms with E-state index in [1.165, 1.54) is 35.1 Å². The van der Waals surface area contributed by atoms with Crippen LogP contribution in [0.2, 0.25) is 0 Å². The van der Waals surface area contributed by atoms with Crippen LogP contribution >= 0.6 is 0 Å². The maximum Gasteiger partial charge on any atom is 0.0187 e. The maximum atomic E-state index is 2.58. The van der Waals surface area contributed by atoms with E-state index in [2.05, 4.69) is 128 Å². The normalized spacial score (nSPS) is 27.8. The molecule has 2 heteroatoms. The van der Waals surface area contributed by atoms with Crippen molar-refractivity contribution in [3.8, 4) is 11.1 Å². The lowest BCUT2D eigenvalue weighted by Gasteiger charge is -2.38. The van der Waals surface area contributed by atoms with Gasteiger partial charge in [0.25, 0.3) is 0 Å². The molecule has 2 nitrogen and oxygen atoms in total. The smallest absolute Gasteiger partial charge is 0.0187 e. The molecule has 0 radical (unpaired) electrons. The Kier molecular flexibility index (Phi) is 6.35. The molecule has 0 spiro atoms. The average Bonchev–Trinajstić information content (AvgIpc) is 3.02. The molecule has 186 valence electrons. The molecule has 2 aromatic rings. The van der Waals surface area contributed by atoms with Crippen molar-refractivity contribution in [2.45, 2.75) is 103 Å². The minimum atomic E-state index is 0.232. The molecule has 0 aromatic heterocycles. The van der Waals surface area contributed by atoms with Gasteiger partial charge in [0.05, 0.1) is 0 Å². The molecule has 34 heavy (non-hydrogen) atoms. The van der Waals surface area contributed by atoms with E-state index in [0.717, 1.165) is 12.8 Å². The largest absolute Gasteiger partial charge is 0.296 e. The molecule has 0 saturated carbocycles. The Balaban J connectivity index is 1.42. The second-order valence-electron chi connectivity index (χ2n) is 13.7. The number of hydrogen-bond donors (Lipinski definition) is 0. The molecule has 2 heterocycles. The molecule has 0 aliphatic carbocycles. The minimum absolute atomic E-state index is 0.232. The summed E-state index contributed by atoms with van der Waals surface area (Å²) < 4.78 is 0. The highest BCUT2D eigenvalue weighted by atomic mass is 15.3. The van der Waals surface area contributed by atoms with Crippen LogP contribution in [-0.4, -0.2) is 46.1 Å². The summed E-state index contributed by atoms with van der Waals surface area (Å²) in [6, 6.07) is 18.7. The summed E-state index contributed by atoms with van der Waals surface area (Å²) in [7, 11) is 4.58. The average molecular weight is 461 g/mol. The molecule has 2 aliphatic rings. The van der Waals surface area contributed by atoms with Crippen molar-refractivity contribution in [1.82, 2.24) is 9.80 Å². The Morgan fingerprint density at radius 1 is 0.559 bits per heavy atom. The maximum absolute atomic E-state index is 2.58. The Bertz CT molecular complexity index is 911. The van der Waals surface area contributed by atoms with Gasteiger partial charge in [-0.25, -0.2) is 0 Å². The Morgan fingerprint density at radius 3 is 1.09 bits per heavy atom. The summed E-state index contributed by atoms with van der Waals surface area (Å²) in [6.07, 6.45) is 4.82. The van der Waals surface area contributed by atoms with Gasteiger partial charge in [-0.15, -0.1) is 0 Å². The first-order valence-corrected chi connectivity index (χ1v) is 13.3. The molecule has 2 fully saturated rings. The van der Waals surface area contributed by atoms with Gasteiger partial charge in [0.2, 0.25) is 0 Å². The molecule has 2 saturated heterocycles. The van der Waals surface area contributed by atoms with Crippen molar-refractivity contribution in [3.05, 3.63) is 59.7 Å². The van der Waals surface area contributed by atoms with E-state index in [1.807, 2.05) is 0 Å². The first-order valence-electron chi connectivity index (χ1n) is 13.3. The molecule has 4 rings (SSSR count). The number of rotatable bonds is 5. The zero-order valence-electron chi connectivity index (χ0n) is 23.5. The van der Waals surface area contributed by atoms with Crippen LogP contribution in [-0.2, 0) is 12.8 Å². The lowest BCUT2D eigenvalue weighted by atomic mass is 9.82. The molecule has 0 bridgehead atoms. The summed E-state index contributed by atoms with van der Waals surface area (Å²) in [5, 5.41) is 0. The SMILES string of the molecule is CN1C(C)(C)CC(Cc2ccc(-c3ccc(CC4CC(C)(C)N(C)C4(C)C)cc3)cc2)C1(C)C. The van der Waals surface area contributed by atoms with Crippen LogP contribution in [0.4, 0.5) is 0 Å². The van der Waals surface area contributed by atoms with Crippen LogP contribution in [0.25, 0.3) is 11.1 Å². The monoisotopic (exact) mass is 460 g/mol. The van der Waals surface area contributed by atoms with Gasteiger partial charge in [0, 0.05) is 22.2 Å². The van der Waals surface area contributed by atoms with Gasteiger partial charge in [0.1, 0.15) is 0 Å². The van der Waals surface area contributed by atoms with Crippen LogP contribution in [0.3, 0.4) is 0 Å². The number of likely N-dealkylation sites (tertiary alicyclic amines) is 2. The fourth-order valence-electron chi connectivity index (χ4n) is 6.97. The van der Waals surface area contributed by atoms with Crippen molar-refractivity contribution < 1.29 is 0 Å². The topological polar surface area (TPSA) is 6.48 Å². The minimum Gasteiger partial charge on any atom is -0.296 e. The zero-order chi connectivity index (χ0) is 25.1. The first kappa shape index (κ1) is 25.5. The standard InChI is InChI=1S/C32H48N2/c1-29(2)21-27(31(5,6)33(29)9)19-23-11-15-25(16-12-23)26-17-13-24(14-18-26)20-28-22-30(3,4)34(10)32(28,7)8/h11-18,27-28H,19-22H2,1-10H3. The van der Waals surface area contributed by atoms with Crippen molar-refractivity contribution in [2.75, 3.05) is 14.1 Å². The van der Waals surface area contributed by atoms with E-state index in [0.29, 0.717) is 11.8 Å². The lowest BCUT2D eigenvalue weighted by molar-refractivity contribution is 0.0997. The van der Waals surface area contributed by atoms with E-state index in [1.54, 1.807) is 0 Å². The number of benzene rings is 2. The fraction of sp³-hybridized carbons (Fsp3) is 0.625. The van der Waals surface area contributed by atoms with Crippen LogP contribution in [0.5, 0.6) is 0 Å². The van der Waals surface area contributed by atoms with Crippen LogP contribution in [0.1, 0.15) is 79.4 Å². The third-order valence-electron chi connectivity index (χ3n) is 10.2. The van der Waals surface area contributed by atoms with Gasteiger partial charge in [-0.3, -0.25) is 9.80 Å². The molecule has 2 unspecified atom stereocenters. The van der Waals surface area contributed by atoms with Crippen molar-refractivity contribution >= 4 is 0 Å². The molecule has 0 amide bonds. The molecule has 2 aliphatic heterocycles. The Morgan fingerprint density at radius 2 is 0.853 bits per heavy atom. The van der Waals surface area contributed by atoms with E-state index in [4.69, 9.17) is 0 Å². The highest BCUT2D eigenvalue weighted by molar-refractivity contribution is 5.64. The van der Waals surface area contributed by atoms with Crippen LogP contribution < -0.4 is 0 Å². The number of nitrogens with zero attached hydrogens (tertiary/aromatic N) is 2. The predicted molar refractivity (Wildman–Crippen MR) is 147 cm³/mol. The summed E-state index contributed by atoms with van der Waals surface area (Å²) in [4.78, 5) is 5.15. The fourth-order valence-corrected chi connectivity index (χ4v) is 6.97. The van der Waals surface area contributed by atoms with Gasteiger partial charge < -0.3 is 0 Å². The van der Waals surface area contributed by atoms with Gasteiger partial charge >= 0.3 is 0 Å². The highest BCUT2D eigenvalue weighted by Gasteiger charge is 2.49. The van der Waals surface area contributed by atoms with E-state index < -0.39 is 0 Å². The molecule has 2 atom stereocenters. The highest BCUT2D eigenvalue weighted by Crippen LogP contribution is 2.46. The zero-order valence-corrected chi connectivity index (χ0v) is 23.5. The van der Waals surface area contributed by atoms with Gasteiger partial charge in [-0.2, -0.15) is 0 Å². The van der Waals surface area contributed by atoms with E-state index in [-0.39, 0.29) is 22.2 Å². The summed E-state index contributed by atoms with van der Waals surface area (Å²) >= 11 is 0. The summed E-state index contributed by atoms with van der Waals surface area (Å²) in [5.74, 6) is 1.36. The second-order valence-corrected chi connectivity index (χ2v) is 13.7.